The summed E-state index contributed by atoms with van der Waals surface area (Å²) in [6, 6.07) is 14.1. The van der Waals surface area contributed by atoms with Crippen LogP contribution in [0.1, 0.15) is 0 Å². The Balaban J connectivity index is 2.18. The second-order valence-corrected chi connectivity index (χ2v) is 4.77. The molecule has 0 spiro atoms. The van der Waals surface area contributed by atoms with E-state index in [0.717, 1.165) is 27.0 Å². The van der Waals surface area contributed by atoms with Crippen LogP contribution in [0.25, 0.3) is 16.6 Å². The van der Waals surface area contributed by atoms with Gasteiger partial charge in [0.15, 0.2) is 0 Å². The number of benzene rings is 1. The number of ether oxygens (including phenoxy) is 1. The van der Waals surface area contributed by atoms with E-state index >= 15 is 0 Å². The fourth-order valence-electron chi connectivity index (χ4n) is 2.00. The van der Waals surface area contributed by atoms with Crippen LogP contribution in [-0.2, 0) is 0 Å². The molecule has 0 aliphatic rings. The number of pyridine rings is 1. The average molecular weight is 303 g/mol. The topological polar surface area (TPSA) is 26.5 Å². The second kappa shape index (κ2) is 4.46. The molecule has 0 N–H and O–H groups in total. The Hall–Kier alpha value is -1.81. The van der Waals surface area contributed by atoms with Crippen molar-refractivity contribution in [3.05, 3.63) is 53.3 Å². The van der Waals surface area contributed by atoms with E-state index in [2.05, 4.69) is 27.1 Å². The Morgan fingerprint density at radius 2 is 2.00 bits per heavy atom. The zero-order valence-corrected chi connectivity index (χ0v) is 11.4. The molecule has 0 bridgehead atoms. The summed E-state index contributed by atoms with van der Waals surface area (Å²) in [4.78, 5) is 0. The Kier molecular flexibility index (Phi) is 2.80. The highest BCUT2D eigenvalue weighted by atomic mass is 79.9. The molecule has 1 aromatic carbocycles. The summed E-state index contributed by atoms with van der Waals surface area (Å²) in [5.41, 5.74) is 3.20. The normalized spacial score (nSPS) is 10.8. The summed E-state index contributed by atoms with van der Waals surface area (Å²) in [5, 5.41) is 4.35. The SMILES string of the molecule is COc1ccccc1-c1ccc2cc(Br)nn2c1. The highest BCUT2D eigenvalue weighted by Gasteiger charge is 2.06. The van der Waals surface area contributed by atoms with E-state index in [-0.39, 0.29) is 0 Å². The van der Waals surface area contributed by atoms with Crippen molar-refractivity contribution in [1.29, 1.82) is 0 Å². The van der Waals surface area contributed by atoms with Gasteiger partial charge in [0.25, 0.3) is 0 Å². The van der Waals surface area contributed by atoms with Gasteiger partial charge in [-0.1, -0.05) is 24.3 Å². The zero-order chi connectivity index (χ0) is 12.5. The van der Waals surface area contributed by atoms with E-state index in [4.69, 9.17) is 4.74 Å². The smallest absolute Gasteiger partial charge is 0.129 e. The molecule has 0 fully saturated rings. The van der Waals surface area contributed by atoms with Gasteiger partial charge in [-0.05, 0) is 34.1 Å². The van der Waals surface area contributed by atoms with E-state index in [1.807, 2.05) is 47.1 Å². The number of hydrogen-bond acceptors (Lipinski definition) is 2. The minimum Gasteiger partial charge on any atom is -0.496 e. The molecule has 3 aromatic rings. The summed E-state index contributed by atoms with van der Waals surface area (Å²) in [5.74, 6) is 0.864. The molecule has 0 radical (unpaired) electrons. The first-order chi connectivity index (χ1) is 8.78. The number of hydrogen-bond donors (Lipinski definition) is 0. The lowest BCUT2D eigenvalue weighted by atomic mass is 10.1. The molecule has 3 rings (SSSR count). The molecule has 0 aliphatic carbocycles. The van der Waals surface area contributed by atoms with Crippen molar-refractivity contribution in [2.75, 3.05) is 7.11 Å². The van der Waals surface area contributed by atoms with E-state index in [1.165, 1.54) is 0 Å². The molecule has 0 unspecified atom stereocenters. The predicted molar refractivity (Wildman–Crippen MR) is 74.9 cm³/mol. The summed E-state index contributed by atoms with van der Waals surface area (Å²) < 4.78 is 8.06. The first-order valence-electron chi connectivity index (χ1n) is 5.56. The molecular weight excluding hydrogens is 292 g/mol. The summed E-state index contributed by atoms with van der Waals surface area (Å²) in [6.07, 6.45) is 2.00. The van der Waals surface area contributed by atoms with Crippen molar-refractivity contribution in [1.82, 2.24) is 9.61 Å². The zero-order valence-electron chi connectivity index (χ0n) is 9.80. The molecule has 0 atom stereocenters. The van der Waals surface area contributed by atoms with Crippen LogP contribution in [0.5, 0.6) is 5.75 Å². The van der Waals surface area contributed by atoms with Gasteiger partial charge in [-0.3, -0.25) is 0 Å². The fraction of sp³-hybridized carbons (Fsp3) is 0.0714. The predicted octanol–water partition coefficient (Wildman–Crippen LogP) is 3.77. The largest absolute Gasteiger partial charge is 0.496 e. The maximum Gasteiger partial charge on any atom is 0.129 e. The molecule has 18 heavy (non-hydrogen) atoms. The van der Waals surface area contributed by atoms with Crippen molar-refractivity contribution in [3.8, 4) is 16.9 Å². The van der Waals surface area contributed by atoms with Gasteiger partial charge in [0.2, 0.25) is 0 Å². The third-order valence-corrected chi connectivity index (χ3v) is 3.24. The molecule has 0 saturated carbocycles. The van der Waals surface area contributed by atoms with E-state index in [9.17, 15) is 0 Å². The second-order valence-electron chi connectivity index (χ2n) is 3.95. The number of methoxy groups -OCH3 is 1. The highest BCUT2D eigenvalue weighted by Crippen LogP contribution is 2.29. The first kappa shape index (κ1) is 11.3. The van der Waals surface area contributed by atoms with Crippen LogP contribution in [0.3, 0.4) is 0 Å². The summed E-state index contributed by atoms with van der Waals surface area (Å²) >= 11 is 3.38. The van der Waals surface area contributed by atoms with Crippen LogP contribution < -0.4 is 4.74 Å². The molecule has 2 aromatic heterocycles. The van der Waals surface area contributed by atoms with Gasteiger partial charge in [0.1, 0.15) is 10.4 Å². The fourth-order valence-corrected chi connectivity index (χ4v) is 2.40. The first-order valence-corrected chi connectivity index (χ1v) is 6.35. The number of fused-ring (bicyclic) bond motifs is 1. The van der Waals surface area contributed by atoms with Crippen LogP contribution in [0.4, 0.5) is 0 Å². The molecule has 0 aliphatic heterocycles. The number of para-hydroxylation sites is 1. The number of halogens is 1. The van der Waals surface area contributed by atoms with Crippen LogP contribution in [0, 0.1) is 0 Å². The van der Waals surface area contributed by atoms with Crippen LogP contribution in [0.2, 0.25) is 0 Å². The molecular formula is C14H11BrN2O. The Bertz CT molecular complexity index is 706. The number of aromatic nitrogens is 2. The molecule has 0 saturated heterocycles. The van der Waals surface area contributed by atoms with Gasteiger partial charge >= 0.3 is 0 Å². The molecule has 90 valence electrons. The Morgan fingerprint density at radius 1 is 1.17 bits per heavy atom. The van der Waals surface area contributed by atoms with Gasteiger partial charge < -0.3 is 4.74 Å². The Labute approximate surface area is 113 Å². The van der Waals surface area contributed by atoms with Crippen molar-refractivity contribution in [3.63, 3.8) is 0 Å². The van der Waals surface area contributed by atoms with E-state index < -0.39 is 0 Å². The minimum absolute atomic E-state index is 0.833. The van der Waals surface area contributed by atoms with E-state index in [0.29, 0.717) is 0 Å². The van der Waals surface area contributed by atoms with Gasteiger partial charge in [-0.2, -0.15) is 5.10 Å². The van der Waals surface area contributed by atoms with Gasteiger partial charge in [0.05, 0.1) is 12.6 Å². The van der Waals surface area contributed by atoms with Gasteiger partial charge in [-0.15, -0.1) is 0 Å². The molecule has 4 heteroatoms. The van der Waals surface area contributed by atoms with Crippen LogP contribution in [0.15, 0.2) is 53.3 Å². The quantitative estimate of drug-likeness (QED) is 0.720. The molecule has 0 amide bonds. The summed E-state index contributed by atoms with van der Waals surface area (Å²) in [7, 11) is 1.68. The van der Waals surface area contributed by atoms with E-state index in [1.54, 1.807) is 7.11 Å². The van der Waals surface area contributed by atoms with Crippen molar-refractivity contribution < 1.29 is 4.74 Å². The maximum atomic E-state index is 5.38. The number of rotatable bonds is 2. The standard InChI is InChI=1S/C14H11BrN2O/c1-18-13-5-3-2-4-12(13)10-6-7-11-8-14(15)16-17(11)9-10/h2-9H,1H3. The molecule has 3 nitrogen and oxygen atoms in total. The third-order valence-electron chi connectivity index (χ3n) is 2.85. The minimum atomic E-state index is 0.833. The van der Waals surface area contributed by atoms with Crippen LogP contribution in [-0.4, -0.2) is 16.7 Å². The third kappa shape index (κ3) is 1.88. The van der Waals surface area contributed by atoms with Gasteiger partial charge in [-0.25, -0.2) is 4.52 Å². The lowest BCUT2D eigenvalue weighted by Gasteiger charge is -2.08. The van der Waals surface area contributed by atoms with Gasteiger partial charge in [0, 0.05) is 17.3 Å². The average Bonchev–Trinajstić information content (AvgIpc) is 2.77. The lowest BCUT2D eigenvalue weighted by Crippen LogP contribution is -1.91. The van der Waals surface area contributed by atoms with Crippen molar-refractivity contribution >= 4 is 21.4 Å². The highest BCUT2D eigenvalue weighted by molar-refractivity contribution is 9.10. The van der Waals surface area contributed by atoms with Crippen molar-refractivity contribution in [2.24, 2.45) is 0 Å². The summed E-state index contributed by atoms with van der Waals surface area (Å²) in [6.45, 7) is 0. The lowest BCUT2D eigenvalue weighted by molar-refractivity contribution is 0.416. The maximum absolute atomic E-state index is 5.38. The Morgan fingerprint density at radius 3 is 2.83 bits per heavy atom. The monoisotopic (exact) mass is 302 g/mol. The molecule has 2 heterocycles. The number of nitrogens with zero attached hydrogens (tertiary/aromatic N) is 2. The van der Waals surface area contributed by atoms with Crippen molar-refractivity contribution in [2.45, 2.75) is 0 Å². The van der Waals surface area contributed by atoms with Crippen LogP contribution >= 0.6 is 15.9 Å².